The van der Waals surface area contributed by atoms with Gasteiger partial charge in [0.1, 0.15) is 24.7 Å². The van der Waals surface area contributed by atoms with Gasteiger partial charge in [-0.25, -0.2) is 4.79 Å². The Hall–Kier alpha value is -4.81. The van der Waals surface area contributed by atoms with E-state index in [9.17, 15) is 29.2 Å². The maximum Gasteiger partial charge on any atom is 0.451 e. The molecule has 4 N–H and O–H groups in total. The van der Waals surface area contributed by atoms with E-state index in [1.165, 1.54) is 11.8 Å². The number of hydrogen-bond acceptors (Lipinski definition) is 9. The summed E-state index contributed by atoms with van der Waals surface area (Å²) in [5.41, 5.74) is -0.708. The number of amides is 2. The number of hydrogen-bond donors (Lipinski definition) is 4. The van der Waals surface area contributed by atoms with Crippen LogP contribution in [-0.4, -0.2) is 70.7 Å². The number of nitrogens with one attached hydrogen (secondary N) is 2. The molecule has 240 valence electrons. The number of alkyl carbamates (subject to hydrolysis) is 1. The highest BCUT2D eigenvalue weighted by molar-refractivity contribution is 6.49. The maximum atomic E-state index is 14.1. The SMILES string of the molecule is C[C@H](NC(=O)OCc1ccccc1)C(=O)N1C[C@H](CCCB(O)O)[C@](C(=N)C(=O)c2ccccc2)(C(=O)OCc2ccccc2)C1. The fraction of sp³-hybridized carbons (Fsp3) is 0.324. The standard InChI is InChI=1S/C34H38BN3O8/c1-24(37-33(42)46-22-26-14-7-3-8-15-26)31(40)38-20-28(18-11-19-35(43)44)34(23-38,30(36)29(39)27-16-9-4-10-17-27)32(41)45-21-25-12-5-2-6-13-25/h2-10,12-17,24,28,36,43-44H,11,18-23H2,1H3,(H,37,42)/t24-,28-,34+/m0/s1. The predicted octanol–water partition coefficient (Wildman–Crippen LogP) is 3.65. The number of ketones is 1. The van der Waals surface area contributed by atoms with Crippen molar-refractivity contribution in [3.63, 3.8) is 0 Å². The number of rotatable bonds is 14. The van der Waals surface area contributed by atoms with Crippen molar-refractivity contribution in [2.24, 2.45) is 11.3 Å². The molecular weight excluding hydrogens is 589 g/mol. The summed E-state index contributed by atoms with van der Waals surface area (Å²) in [5.74, 6) is -2.83. The Kier molecular flexibility index (Phi) is 11.8. The van der Waals surface area contributed by atoms with Crippen LogP contribution in [0.2, 0.25) is 6.32 Å². The van der Waals surface area contributed by atoms with Gasteiger partial charge in [0, 0.05) is 24.6 Å². The number of carbonyl (C=O) groups excluding carboxylic acids is 4. The quantitative estimate of drug-likeness (QED) is 0.0910. The Balaban J connectivity index is 1.60. The van der Waals surface area contributed by atoms with Gasteiger partial charge in [-0.3, -0.25) is 19.8 Å². The van der Waals surface area contributed by atoms with Crippen LogP contribution in [-0.2, 0) is 32.3 Å². The summed E-state index contributed by atoms with van der Waals surface area (Å²) >= 11 is 0. The van der Waals surface area contributed by atoms with Gasteiger partial charge in [-0.05, 0) is 30.8 Å². The van der Waals surface area contributed by atoms with E-state index >= 15 is 0 Å². The molecule has 1 aliphatic heterocycles. The largest absolute Gasteiger partial charge is 0.460 e. The molecule has 1 fully saturated rings. The van der Waals surface area contributed by atoms with Crippen molar-refractivity contribution < 1.29 is 38.7 Å². The molecule has 0 spiro atoms. The third kappa shape index (κ3) is 8.46. The minimum absolute atomic E-state index is 0.00517. The summed E-state index contributed by atoms with van der Waals surface area (Å²) in [6.45, 7) is 1.00. The van der Waals surface area contributed by atoms with Crippen molar-refractivity contribution in [1.82, 2.24) is 10.2 Å². The molecule has 3 atom stereocenters. The molecule has 46 heavy (non-hydrogen) atoms. The highest BCUT2D eigenvalue weighted by atomic mass is 16.5. The molecule has 2 amide bonds. The van der Waals surface area contributed by atoms with Crippen molar-refractivity contribution in [2.45, 2.75) is 45.3 Å². The van der Waals surface area contributed by atoms with Gasteiger partial charge in [0.2, 0.25) is 11.7 Å². The zero-order chi connectivity index (χ0) is 33.1. The van der Waals surface area contributed by atoms with Gasteiger partial charge >= 0.3 is 19.2 Å². The minimum Gasteiger partial charge on any atom is -0.460 e. The summed E-state index contributed by atoms with van der Waals surface area (Å²) in [7, 11) is -1.59. The van der Waals surface area contributed by atoms with Crippen molar-refractivity contribution in [3.8, 4) is 0 Å². The van der Waals surface area contributed by atoms with Crippen LogP contribution in [0.4, 0.5) is 4.79 Å². The second kappa shape index (κ2) is 16.0. The van der Waals surface area contributed by atoms with Crippen molar-refractivity contribution in [3.05, 3.63) is 108 Å². The van der Waals surface area contributed by atoms with Crippen LogP contribution in [0.1, 0.15) is 41.3 Å². The van der Waals surface area contributed by atoms with Crippen molar-refractivity contribution in [2.75, 3.05) is 13.1 Å². The molecule has 3 aromatic carbocycles. The average Bonchev–Trinajstić information content (AvgIpc) is 3.46. The smallest absolute Gasteiger partial charge is 0.451 e. The van der Waals surface area contributed by atoms with Gasteiger partial charge in [-0.2, -0.15) is 0 Å². The highest BCUT2D eigenvalue weighted by Crippen LogP contribution is 2.43. The molecule has 0 aliphatic carbocycles. The van der Waals surface area contributed by atoms with E-state index in [1.807, 2.05) is 24.3 Å². The van der Waals surface area contributed by atoms with Crippen LogP contribution in [0, 0.1) is 16.7 Å². The second-order valence-electron chi connectivity index (χ2n) is 11.4. The Morgan fingerprint density at radius 3 is 2.02 bits per heavy atom. The molecule has 12 heteroatoms. The Bertz CT molecular complexity index is 1510. The lowest BCUT2D eigenvalue weighted by atomic mass is 9.69. The summed E-state index contributed by atoms with van der Waals surface area (Å²) in [4.78, 5) is 55.4. The third-order valence-electron chi connectivity index (χ3n) is 8.11. The topological polar surface area (TPSA) is 166 Å². The first-order chi connectivity index (χ1) is 22.1. The molecule has 4 rings (SSSR count). The molecule has 0 unspecified atom stereocenters. The fourth-order valence-electron chi connectivity index (χ4n) is 5.65. The van der Waals surface area contributed by atoms with E-state index in [-0.39, 0.29) is 51.0 Å². The number of Topliss-reactive ketones (excluding diaryl/α,β-unsaturated/α-hetero) is 1. The first-order valence-electron chi connectivity index (χ1n) is 15.1. The van der Waals surface area contributed by atoms with Crippen LogP contribution in [0.5, 0.6) is 0 Å². The summed E-state index contributed by atoms with van der Waals surface area (Å²) in [6.07, 6.45) is -0.388. The Morgan fingerprint density at radius 2 is 1.46 bits per heavy atom. The zero-order valence-electron chi connectivity index (χ0n) is 25.6. The number of ether oxygens (including phenoxy) is 2. The van der Waals surface area contributed by atoms with E-state index in [0.717, 1.165) is 5.56 Å². The molecular formula is C34H38BN3O8. The lowest BCUT2D eigenvalue weighted by molar-refractivity contribution is -0.154. The molecule has 0 saturated carbocycles. The lowest BCUT2D eigenvalue weighted by Gasteiger charge is -2.32. The van der Waals surface area contributed by atoms with Crippen LogP contribution in [0.15, 0.2) is 91.0 Å². The molecule has 0 bridgehead atoms. The second-order valence-corrected chi connectivity index (χ2v) is 11.4. The summed E-state index contributed by atoms with van der Waals surface area (Å²) in [5, 5.41) is 30.7. The molecule has 1 heterocycles. The number of esters is 1. The molecule has 0 aromatic heterocycles. The van der Waals surface area contributed by atoms with Gasteiger partial charge in [0.25, 0.3) is 0 Å². The number of nitrogens with zero attached hydrogens (tertiary/aromatic N) is 1. The first-order valence-corrected chi connectivity index (χ1v) is 15.1. The molecule has 1 saturated heterocycles. The van der Waals surface area contributed by atoms with E-state index in [2.05, 4.69) is 5.32 Å². The molecule has 0 radical (unpaired) electrons. The molecule has 11 nitrogen and oxygen atoms in total. The van der Waals surface area contributed by atoms with Crippen molar-refractivity contribution >= 4 is 36.6 Å². The maximum absolute atomic E-state index is 14.1. The fourth-order valence-corrected chi connectivity index (χ4v) is 5.65. The van der Waals surface area contributed by atoms with E-state index in [4.69, 9.17) is 14.9 Å². The zero-order valence-corrected chi connectivity index (χ0v) is 25.6. The Labute approximate surface area is 268 Å². The van der Waals surface area contributed by atoms with Crippen molar-refractivity contribution in [1.29, 1.82) is 5.41 Å². The van der Waals surface area contributed by atoms with Gasteiger partial charge in [0.15, 0.2) is 0 Å². The third-order valence-corrected chi connectivity index (χ3v) is 8.11. The average molecular weight is 628 g/mol. The van der Waals surface area contributed by atoms with Gasteiger partial charge in [-0.1, -0.05) is 97.4 Å². The van der Waals surface area contributed by atoms with Gasteiger partial charge < -0.3 is 29.7 Å². The minimum atomic E-state index is -1.86. The van der Waals surface area contributed by atoms with E-state index in [1.54, 1.807) is 66.7 Å². The normalized spacial score (nSPS) is 17.9. The Morgan fingerprint density at radius 1 is 0.913 bits per heavy atom. The van der Waals surface area contributed by atoms with Crippen LogP contribution < -0.4 is 5.32 Å². The van der Waals surface area contributed by atoms with E-state index in [0.29, 0.717) is 5.56 Å². The number of carbonyl (C=O) groups is 4. The first kappa shape index (κ1) is 34.1. The van der Waals surface area contributed by atoms with Gasteiger partial charge in [0.05, 0.1) is 5.71 Å². The van der Waals surface area contributed by atoms with E-state index < -0.39 is 54.0 Å². The van der Waals surface area contributed by atoms with Crippen LogP contribution in [0.25, 0.3) is 0 Å². The monoisotopic (exact) mass is 627 g/mol. The number of likely N-dealkylation sites (tertiary alicyclic amines) is 1. The van der Waals surface area contributed by atoms with Crippen LogP contribution in [0.3, 0.4) is 0 Å². The van der Waals surface area contributed by atoms with Crippen LogP contribution >= 0.6 is 0 Å². The molecule has 1 aliphatic rings. The predicted molar refractivity (Wildman–Crippen MR) is 171 cm³/mol. The van der Waals surface area contributed by atoms with Gasteiger partial charge in [-0.15, -0.1) is 0 Å². The molecule has 3 aromatic rings. The summed E-state index contributed by atoms with van der Waals surface area (Å²) in [6, 6.07) is 25.0. The lowest BCUT2D eigenvalue weighted by Crippen LogP contribution is -2.51. The summed E-state index contributed by atoms with van der Waals surface area (Å²) < 4.78 is 11.0. The highest BCUT2D eigenvalue weighted by Gasteiger charge is 2.59. The number of benzene rings is 3.